The quantitative estimate of drug-likeness (QED) is 0.817. The molecular weight excluding hydrogens is 352 g/mol. The lowest BCUT2D eigenvalue weighted by molar-refractivity contribution is -0.0136. The maximum atomic E-state index is 13.0. The number of aromatic nitrogens is 2. The first-order valence-corrected chi connectivity index (χ1v) is 10.2. The maximum absolute atomic E-state index is 13.0. The fourth-order valence-corrected chi connectivity index (χ4v) is 4.92. The normalized spacial score (nSPS) is 20.9. The van der Waals surface area contributed by atoms with Gasteiger partial charge < -0.3 is 15.1 Å². The van der Waals surface area contributed by atoms with Crippen LogP contribution in [-0.2, 0) is 6.54 Å². The predicted molar refractivity (Wildman–Crippen MR) is 99.3 cm³/mol. The number of piperidine rings is 1. The molecule has 26 heavy (non-hydrogen) atoms. The third-order valence-corrected chi connectivity index (χ3v) is 6.50. The highest BCUT2D eigenvalue weighted by Crippen LogP contribution is 2.31. The summed E-state index contributed by atoms with van der Waals surface area (Å²) < 4.78 is 2.02. The Morgan fingerprint density at radius 1 is 1.19 bits per heavy atom. The topological polar surface area (TPSA) is 81.3 Å². The van der Waals surface area contributed by atoms with E-state index in [1.54, 1.807) is 0 Å². The minimum atomic E-state index is -0.449. The maximum Gasteiger partial charge on any atom is 0.274 e. The van der Waals surface area contributed by atoms with Gasteiger partial charge in [-0.1, -0.05) is 0 Å². The van der Waals surface area contributed by atoms with Gasteiger partial charge in [0.2, 0.25) is 0 Å². The zero-order valence-electron chi connectivity index (χ0n) is 14.9. The van der Waals surface area contributed by atoms with E-state index in [0.717, 1.165) is 56.0 Å². The zero-order valence-corrected chi connectivity index (χ0v) is 15.7. The number of fused-ring (bicyclic) bond motifs is 1. The van der Waals surface area contributed by atoms with Crippen molar-refractivity contribution in [2.75, 3.05) is 39.4 Å². The number of aliphatic hydroxyl groups is 2. The number of imidazole rings is 1. The molecule has 2 aromatic rings. The number of hydrogen-bond acceptors (Lipinski definition) is 6. The smallest absolute Gasteiger partial charge is 0.274 e. The van der Waals surface area contributed by atoms with E-state index in [1.165, 1.54) is 11.3 Å². The Morgan fingerprint density at radius 3 is 2.69 bits per heavy atom. The van der Waals surface area contributed by atoms with E-state index < -0.39 is 5.41 Å². The van der Waals surface area contributed by atoms with E-state index in [4.69, 9.17) is 0 Å². The second-order valence-electron chi connectivity index (χ2n) is 7.59. The average Bonchev–Trinajstić information content (AvgIpc) is 3.40. The number of amides is 1. The Morgan fingerprint density at radius 2 is 1.96 bits per heavy atom. The molecule has 4 heterocycles. The zero-order chi connectivity index (χ0) is 18.1. The third kappa shape index (κ3) is 3.15. The van der Waals surface area contributed by atoms with Gasteiger partial charge in [-0.05, 0) is 32.2 Å². The van der Waals surface area contributed by atoms with Crippen LogP contribution in [0.15, 0.2) is 11.6 Å². The fraction of sp³-hybridized carbons (Fsp3) is 0.667. The first-order valence-electron chi connectivity index (χ1n) is 9.33. The summed E-state index contributed by atoms with van der Waals surface area (Å²) in [6, 6.07) is 0. The monoisotopic (exact) mass is 378 g/mol. The molecule has 0 spiro atoms. The number of aliphatic hydroxyl groups excluding tert-OH is 2. The van der Waals surface area contributed by atoms with Gasteiger partial charge in [-0.25, -0.2) is 4.98 Å². The van der Waals surface area contributed by atoms with Crippen molar-refractivity contribution in [1.29, 1.82) is 0 Å². The van der Waals surface area contributed by atoms with Gasteiger partial charge in [0, 0.05) is 43.2 Å². The second kappa shape index (κ2) is 7.26. The lowest BCUT2D eigenvalue weighted by Gasteiger charge is -2.40. The number of thiazole rings is 1. The van der Waals surface area contributed by atoms with Crippen molar-refractivity contribution in [3.05, 3.63) is 23.0 Å². The van der Waals surface area contributed by atoms with Crippen LogP contribution >= 0.6 is 11.3 Å². The van der Waals surface area contributed by atoms with Crippen LogP contribution in [-0.4, -0.2) is 74.7 Å². The minimum absolute atomic E-state index is 0.0141. The molecule has 0 unspecified atom stereocenters. The summed E-state index contributed by atoms with van der Waals surface area (Å²) in [7, 11) is 0. The van der Waals surface area contributed by atoms with Crippen LogP contribution in [0.4, 0.5) is 0 Å². The van der Waals surface area contributed by atoms with Gasteiger partial charge in [-0.2, -0.15) is 0 Å². The van der Waals surface area contributed by atoms with Crippen molar-refractivity contribution in [3.8, 4) is 0 Å². The van der Waals surface area contributed by atoms with E-state index in [0.29, 0.717) is 18.8 Å². The minimum Gasteiger partial charge on any atom is -0.396 e. The molecule has 142 valence electrons. The van der Waals surface area contributed by atoms with Crippen LogP contribution in [0.2, 0.25) is 0 Å². The molecule has 8 heteroatoms. The van der Waals surface area contributed by atoms with Crippen molar-refractivity contribution in [2.24, 2.45) is 5.41 Å². The van der Waals surface area contributed by atoms with Crippen molar-refractivity contribution in [1.82, 2.24) is 19.2 Å². The molecule has 0 radical (unpaired) electrons. The van der Waals surface area contributed by atoms with Crippen LogP contribution < -0.4 is 0 Å². The molecule has 0 aromatic carbocycles. The molecule has 7 nitrogen and oxygen atoms in total. The van der Waals surface area contributed by atoms with Crippen molar-refractivity contribution in [3.63, 3.8) is 0 Å². The largest absolute Gasteiger partial charge is 0.396 e. The molecule has 4 rings (SSSR count). The summed E-state index contributed by atoms with van der Waals surface area (Å²) in [5.74, 6) is 0.0287. The molecule has 2 aromatic heterocycles. The first-order chi connectivity index (χ1) is 12.7. The Kier molecular flexibility index (Phi) is 5.00. The summed E-state index contributed by atoms with van der Waals surface area (Å²) >= 11 is 1.54. The van der Waals surface area contributed by atoms with E-state index in [-0.39, 0.29) is 19.1 Å². The number of hydrogen-bond donors (Lipinski definition) is 2. The summed E-state index contributed by atoms with van der Waals surface area (Å²) in [5, 5.41) is 21.5. The molecule has 0 saturated carbocycles. The van der Waals surface area contributed by atoms with Crippen LogP contribution in [0.25, 0.3) is 4.96 Å². The van der Waals surface area contributed by atoms with Crippen molar-refractivity contribution < 1.29 is 15.0 Å². The molecule has 0 bridgehead atoms. The summed E-state index contributed by atoms with van der Waals surface area (Å²) in [5.41, 5.74) is 1.03. The Balaban J connectivity index is 1.62. The van der Waals surface area contributed by atoms with E-state index in [1.807, 2.05) is 20.9 Å². The Bertz CT molecular complexity index is 777. The van der Waals surface area contributed by atoms with E-state index in [2.05, 4.69) is 9.88 Å². The molecule has 0 atom stereocenters. The number of likely N-dealkylation sites (tertiary alicyclic amines) is 2. The van der Waals surface area contributed by atoms with Gasteiger partial charge in [0.1, 0.15) is 0 Å². The van der Waals surface area contributed by atoms with Gasteiger partial charge in [-0.3, -0.25) is 14.1 Å². The van der Waals surface area contributed by atoms with Crippen molar-refractivity contribution >= 4 is 22.2 Å². The van der Waals surface area contributed by atoms with Crippen molar-refractivity contribution in [2.45, 2.75) is 32.2 Å². The molecule has 2 aliphatic rings. The SMILES string of the molecule is O=C(c1nc2sccn2c1CN1CCCC(CO)(CO)C1)N1CCCC1. The summed E-state index contributed by atoms with van der Waals surface area (Å²) in [6.07, 6.45) is 5.85. The van der Waals surface area contributed by atoms with Gasteiger partial charge in [0.15, 0.2) is 10.7 Å². The molecule has 2 fully saturated rings. The summed E-state index contributed by atoms with van der Waals surface area (Å²) in [4.78, 5) is 22.6. The van der Waals surface area contributed by atoms with Crippen LogP contribution in [0.1, 0.15) is 41.9 Å². The lowest BCUT2D eigenvalue weighted by atomic mass is 9.81. The molecule has 1 amide bonds. The molecule has 2 N–H and O–H groups in total. The van der Waals surface area contributed by atoms with Crippen LogP contribution in [0.5, 0.6) is 0 Å². The highest BCUT2D eigenvalue weighted by Gasteiger charge is 2.35. The number of rotatable bonds is 5. The first kappa shape index (κ1) is 17.9. The van der Waals surface area contributed by atoms with Gasteiger partial charge in [-0.15, -0.1) is 11.3 Å². The number of nitrogens with zero attached hydrogens (tertiary/aromatic N) is 4. The summed E-state index contributed by atoms with van der Waals surface area (Å²) in [6.45, 7) is 3.73. The van der Waals surface area contributed by atoms with E-state index in [9.17, 15) is 15.0 Å². The standard InChI is InChI=1S/C18H26N4O3S/c23-12-18(13-24)4-3-5-20(11-18)10-14-15(16(25)21-6-1-2-7-21)19-17-22(14)8-9-26-17/h8-9,23-24H,1-7,10-13H2. The molecule has 2 saturated heterocycles. The van der Waals surface area contributed by atoms with Gasteiger partial charge in [0.25, 0.3) is 5.91 Å². The lowest BCUT2D eigenvalue weighted by Crippen LogP contribution is -2.47. The number of carbonyl (C=O) groups excluding carboxylic acids is 1. The Labute approximate surface area is 156 Å². The molecular formula is C18H26N4O3S. The van der Waals surface area contributed by atoms with Crippen LogP contribution in [0.3, 0.4) is 0 Å². The third-order valence-electron chi connectivity index (χ3n) is 5.74. The van der Waals surface area contributed by atoms with Gasteiger partial charge >= 0.3 is 0 Å². The fourth-order valence-electron chi connectivity index (χ4n) is 4.19. The van der Waals surface area contributed by atoms with Gasteiger partial charge in [0.05, 0.1) is 18.9 Å². The van der Waals surface area contributed by atoms with E-state index >= 15 is 0 Å². The second-order valence-corrected chi connectivity index (χ2v) is 8.47. The Hall–Kier alpha value is -1.48. The molecule has 2 aliphatic heterocycles. The predicted octanol–water partition coefficient (Wildman–Crippen LogP) is 1.20. The molecule has 0 aliphatic carbocycles. The van der Waals surface area contributed by atoms with Crippen LogP contribution in [0, 0.1) is 5.41 Å². The highest BCUT2D eigenvalue weighted by atomic mass is 32.1. The highest BCUT2D eigenvalue weighted by molar-refractivity contribution is 7.15. The number of carbonyl (C=O) groups is 1. The average molecular weight is 378 g/mol.